The second-order valence-corrected chi connectivity index (χ2v) is 9.30. The first kappa shape index (κ1) is 20.7. The van der Waals surface area contributed by atoms with E-state index < -0.39 is 27.6 Å². The normalized spacial score (nSPS) is 15.5. The van der Waals surface area contributed by atoms with Gasteiger partial charge in [0.25, 0.3) is 5.91 Å². The van der Waals surface area contributed by atoms with Gasteiger partial charge in [-0.05, 0) is 35.0 Å². The van der Waals surface area contributed by atoms with E-state index in [0.29, 0.717) is 0 Å². The van der Waals surface area contributed by atoms with Gasteiger partial charge < -0.3 is 4.90 Å². The highest BCUT2D eigenvalue weighted by molar-refractivity contribution is 7.89. The van der Waals surface area contributed by atoms with Crippen molar-refractivity contribution in [2.45, 2.75) is 4.90 Å². The quantitative estimate of drug-likeness (QED) is 0.568. The molecule has 4 rings (SSSR count). The van der Waals surface area contributed by atoms with Gasteiger partial charge in [0, 0.05) is 26.2 Å². The SMILES string of the molecule is O=C(c1cc(F)c(F)cc1Cl)N1CCN(S(=O)(=O)c2ccc3ccccc3c2)CC1. The molecule has 1 amide bonds. The fourth-order valence-corrected chi connectivity index (χ4v) is 5.15. The van der Waals surface area contributed by atoms with Crippen LogP contribution in [0.25, 0.3) is 10.8 Å². The number of amides is 1. The third kappa shape index (κ3) is 3.78. The van der Waals surface area contributed by atoms with Crippen LogP contribution in [0.1, 0.15) is 10.4 Å². The fraction of sp³-hybridized carbons (Fsp3) is 0.190. The molecule has 1 aliphatic heterocycles. The maximum Gasteiger partial charge on any atom is 0.255 e. The van der Waals surface area contributed by atoms with Gasteiger partial charge in [-0.2, -0.15) is 4.31 Å². The van der Waals surface area contributed by atoms with Crippen molar-refractivity contribution in [3.8, 4) is 0 Å². The lowest BCUT2D eigenvalue weighted by atomic mass is 10.1. The zero-order valence-corrected chi connectivity index (χ0v) is 17.3. The van der Waals surface area contributed by atoms with E-state index in [0.717, 1.165) is 22.9 Å². The highest BCUT2D eigenvalue weighted by atomic mass is 35.5. The van der Waals surface area contributed by atoms with Crippen LogP contribution in [0, 0.1) is 11.6 Å². The van der Waals surface area contributed by atoms with Crippen LogP contribution in [0.5, 0.6) is 0 Å². The Bertz CT molecular complexity index is 1240. The summed E-state index contributed by atoms with van der Waals surface area (Å²) in [5.74, 6) is -2.87. The molecule has 156 valence electrons. The fourth-order valence-electron chi connectivity index (χ4n) is 3.47. The Morgan fingerprint density at radius 3 is 2.20 bits per heavy atom. The number of rotatable bonds is 3. The van der Waals surface area contributed by atoms with Crippen LogP contribution >= 0.6 is 11.6 Å². The molecule has 0 aromatic heterocycles. The summed E-state index contributed by atoms with van der Waals surface area (Å²) in [5.41, 5.74) is -0.151. The number of hydrogen-bond acceptors (Lipinski definition) is 3. The van der Waals surface area contributed by atoms with Crippen LogP contribution in [0.4, 0.5) is 8.78 Å². The maximum atomic E-state index is 13.5. The first-order valence-electron chi connectivity index (χ1n) is 9.20. The summed E-state index contributed by atoms with van der Waals surface area (Å²) < 4.78 is 54.1. The third-order valence-electron chi connectivity index (χ3n) is 5.12. The maximum absolute atomic E-state index is 13.5. The Balaban J connectivity index is 1.51. The van der Waals surface area contributed by atoms with Crippen molar-refractivity contribution in [1.29, 1.82) is 0 Å². The van der Waals surface area contributed by atoms with Crippen LogP contribution in [0.15, 0.2) is 59.5 Å². The summed E-state index contributed by atoms with van der Waals surface area (Å²) in [4.78, 5) is 14.2. The first-order valence-corrected chi connectivity index (χ1v) is 11.0. The lowest BCUT2D eigenvalue weighted by Gasteiger charge is -2.34. The molecule has 3 aromatic carbocycles. The Labute approximate surface area is 177 Å². The highest BCUT2D eigenvalue weighted by Crippen LogP contribution is 2.25. The molecule has 0 saturated carbocycles. The molecule has 0 radical (unpaired) electrons. The number of carbonyl (C=O) groups is 1. The second-order valence-electron chi connectivity index (χ2n) is 6.95. The zero-order chi connectivity index (χ0) is 21.5. The largest absolute Gasteiger partial charge is 0.336 e. The van der Waals surface area contributed by atoms with E-state index in [2.05, 4.69) is 0 Å². The van der Waals surface area contributed by atoms with Crippen LogP contribution in [-0.2, 0) is 10.0 Å². The summed E-state index contributed by atoms with van der Waals surface area (Å²) in [6.45, 7) is 0.395. The monoisotopic (exact) mass is 450 g/mol. The summed E-state index contributed by atoms with van der Waals surface area (Å²) in [5, 5.41) is 1.57. The molecule has 0 N–H and O–H groups in total. The van der Waals surface area contributed by atoms with Crippen LogP contribution in [-0.4, -0.2) is 49.7 Å². The van der Waals surface area contributed by atoms with Gasteiger partial charge in [-0.25, -0.2) is 17.2 Å². The molecule has 0 spiro atoms. The van der Waals surface area contributed by atoms with Gasteiger partial charge in [0.05, 0.1) is 15.5 Å². The Kier molecular flexibility index (Phi) is 5.48. The number of nitrogens with zero attached hydrogens (tertiary/aromatic N) is 2. The molecular weight excluding hydrogens is 434 g/mol. The lowest BCUT2D eigenvalue weighted by molar-refractivity contribution is 0.0697. The van der Waals surface area contributed by atoms with E-state index in [1.165, 1.54) is 9.21 Å². The summed E-state index contributed by atoms with van der Waals surface area (Å²) in [7, 11) is -3.73. The number of carbonyl (C=O) groups excluding carboxylic acids is 1. The number of halogens is 3. The summed E-state index contributed by atoms with van der Waals surface area (Å²) >= 11 is 5.88. The first-order chi connectivity index (χ1) is 14.3. The molecule has 1 heterocycles. The van der Waals surface area contributed by atoms with Gasteiger partial charge in [0.15, 0.2) is 11.6 Å². The molecule has 0 aliphatic carbocycles. The summed E-state index contributed by atoms with van der Waals surface area (Å²) in [6, 6.07) is 13.9. The van der Waals surface area contributed by atoms with Crippen LogP contribution in [0.3, 0.4) is 0 Å². The van der Waals surface area contributed by atoms with Crippen LogP contribution in [0.2, 0.25) is 5.02 Å². The minimum atomic E-state index is -3.73. The van der Waals surface area contributed by atoms with E-state index in [-0.39, 0.29) is 41.7 Å². The van der Waals surface area contributed by atoms with Gasteiger partial charge in [-0.15, -0.1) is 0 Å². The number of hydrogen-bond donors (Lipinski definition) is 0. The Morgan fingerprint density at radius 1 is 0.867 bits per heavy atom. The number of benzene rings is 3. The molecule has 0 unspecified atom stereocenters. The topological polar surface area (TPSA) is 57.7 Å². The molecule has 9 heteroatoms. The Hall–Kier alpha value is -2.55. The van der Waals surface area contributed by atoms with E-state index in [9.17, 15) is 22.0 Å². The number of sulfonamides is 1. The standard InChI is InChI=1S/C21H17ClF2N2O3S/c22-18-13-20(24)19(23)12-17(18)21(27)25-7-9-26(10-8-25)30(28,29)16-6-5-14-3-1-2-4-15(14)11-16/h1-6,11-13H,7-10H2. The molecule has 3 aromatic rings. The molecule has 1 fully saturated rings. The van der Waals surface area contributed by atoms with Crippen molar-refractivity contribution in [3.63, 3.8) is 0 Å². The van der Waals surface area contributed by atoms with E-state index in [1.54, 1.807) is 18.2 Å². The average molecular weight is 451 g/mol. The van der Waals surface area contributed by atoms with Crippen molar-refractivity contribution in [2.24, 2.45) is 0 Å². The van der Waals surface area contributed by atoms with Gasteiger partial charge in [-0.1, -0.05) is 41.9 Å². The Morgan fingerprint density at radius 2 is 1.50 bits per heavy atom. The van der Waals surface area contributed by atoms with Crippen molar-refractivity contribution < 1.29 is 22.0 Å². The molecule has 0 bridgehead atoms. The predicted octanol–water partition coefficient (Wildman–Crippen LogP) is 3.92. The van der Waals surface area contributed by atoms with E-state index in [1.807, 2.05) is 24.3 Å². The second kappa shape index (κ2) is 7.94. The van der Waals surface area contributed by atoms with Gasteiger partial charge >= 0.3 is 0 Å². The predicted molar refractivity (Wildman–Crippen MR) is 110 cm³/mol. The van der Waals surface area contributed by atoms with E-state index >= 15 is 0 Å². The minimum absolute atomic E-state index is 0.0855. The van der Waals surface area contributed by atoms with E-state index in [4.69, 9.17) is 11.6 Å². The highest BCUT2D eigenvalue weighted by Gasteiger charge is 2.31. The lowest BCUT2D eigenvalue weighted by Crippen LogP contribution is -2.50. The molecule has 5 nitrogen and oxygen atoms in total. The van der Waals surface area contributed by atoms with Crippen molar-refractivity contribution >= 4 is 38.3 Å². The molecule has 30 heavy (non-hydrogen) atoms. The number of fused-ring (bicyclic) bond motifs is 1. The zero-order valence-electron chi connectivity index (χ0n) is 15.7. The average Bonchev–Trinajstić information content (AvgIpc) is 2.75. The van der Waals surface area contributed by atoms with Crippen molar-refractivity contribution in [1.82, 2.24) is 9.21 Å². The molecular formula is C21H17ClF2N2O3S. The van der Waals surface area contributed by atoms with Gasteiger partial charge in [0.1, 0.15) is 0 Å². The molecule has 1 saturated heterocycles. The molecule has 0 atom stereocenters. The minimum Gasteiger partial charge on any atom is -0.336 e. The van der Waals surface area contributed by atoms with Gasteiger partial charge in [0.2, 0.25) is 10.0 Å². The van der Waals surface area contributed by atoms with Crippen molar-refractivity contribution in [3.05, 3.63) is 76.8 Å². The third-order valence-corrected chi connectivity index (χ3v) is 7.33. The van der Waals surface area contributed by atoms with Crippen molar-refractivity contribution in [2.75, 3.05) is 26.2 Å². The number of piperazine rings is 1. The summed E-state index contributed by atoms with van der Waals surface area (Å²) in [6.07, 6.45) is 0. The van der Waals surface area contributed by atoms with Crippen LogP contribution < -0.4 is 0 Å². The smallest absolute Gasteiger partial charge is 0.255 e. The molecule has 1 aliphatic rings. The van der Waals surface area contributed by atoms with Gasteiger partial charge in [-0.3, -0.25) is 4.79 Å².